The molecule has 1 aromatic heterocycles. The molecule has 1 N–H and O–H groups in total. The first-order valence-electron chi connectivity index (χ1n) is 7.46. The molecule has 110 valence electrons. The molecule has 0 fully saturated rings. The van der Waals surface area contributed by atoms with E-state index in [0.29, 0.717) is 11.9 Å². The van der Waals surface area contributed by atoms with Gasteiger partial charge in [0.15, 0.2) is 0 Å². The molecule has 0 aliphatic carbocycles. The van der Waals surface area contributed by atoms with Crippen LogP contribution in [0.4, 0.5) is 5.95 Å². The summed E-state index contributed by atoms with van der Waals surface area (Å²) >= 11 is 0. The van der Waals surface area contributed by atoms with Crippen molar-refractivity contribution in [3.63, 3.8) is 0 Å². The highest BCUT2D eigenvalue weighted by atomic mass is 16.5. The minimum absolute atomic E-state index is 0.147. The summed E-state index contributed by atoms with van der Waals surface area (Å²) in [6, 6.07) is 10.2. The molecule has 1 unspecified atom stereocenters. The van der Waals surface area contributed by atoms with Gasteiger partial charge < -0.3 is 10.1 Å². The van der Waals surface area contributed by atoms with E-state index >= 15 is 0 Å². The van der Waals surface area contributed by atoms with Crippen LogP contribution in [0.5, 0.6) is 5.75 Å². The van der Waals surface area contributed by atoms with Crippen molar-refractivity contribution in [2.45, 2.75) is 39.2 Å². The van der Waals surface area contributed by atoms with Crippen molar-refractivity contribution in [2.24, 2.45) is 0 Å². The predicted molar refractivity (Wildman–Crippen MR) is 83.9 cm³/mol. The largest absolute Gasteiger partial charge is 0.488 e. The fourth-order valence-electron chi connectivity index (χ4n) is 2.54. The molecule has 0 radical (unpaired) electrons. The zero-order valence-corrected chi connectivity index (χ0v) is 12.8. The van der Waals surface area contributed by atoms with Crippen LogP contribution < -0.4 is 10.1 Å². The summed E-state index contributed by atoms with van der Waals surface area (Å²) in [4.78, 5) is 9.01. The Morgan fingerprint density at radius 2 is 2.10 bits per heavy atom. The smallest absolute Gasteiger partial charge is 0.223 e. The Balaban J connectivity index is 1.64. The van der Waals surface area contributed by atoms with Gasteiger partial charge in [0, 0.05) is 17.8 Å². The fraction of sp³-hybridized carbons (Fsp3) is 0.412. The number of anilines is 1. The summed E-state index contributed by atoms with van der Waals surface area (Å²) in [5.74, 6) is 2.09. The molecule has 2 heterocycles. The van der Waals surface area contributed by atoms with Crippen molar-refractivity contribution in [2.75, 3.05) is 11.9 Å². The van der Waals surface area contributed by atoms with Crippen molar-refractivity contribution in [1.82, 2.24) is 9.97 Å². The number of ether oxygens (including phenoxy) is 1. The first-order chi connectivity index (χ1) is 10.1. The van der Waals surface area contributed by atoms with Crippen LogP contribution in [0, 0.1) is 6.92 Å². The number of hydrogen-bond acceptors (Lipinski definition) is 4. The Morgan fingerprint density at radius 1 is 1.29 bits per heavy atom. The summed E-state index contributed by atoms with van der Waals surface area (Å²) in [5.41, 5.74) is 3.34. The number of hydrogen-bond donors (Lipinski definition) is 1. The third kappa shape index (κ3) is 3.15. The number of nitrogens with one attached hydrogen (secondary N) is 1. The maximum atomic E-state index is 5.92. The van der Waals surface area contributed by atoms with Crippen LogP contribution in [0.25, 0.3) is 0 Å². The lowest BCUT2D eigenvalue weighted by Crippen LogP contribution is -2.25. The second kappa shape index (κ2) is 5.72. The molecule has 0 saturated heterocycles. The zero-order chi connectivity index (χ0) is 14.8. The maximum absolute atomic E-state index is 5.92. The van der Waals surface area contributed by atoms with E-state index in [2.05, 4.69) is 41.3 Å². The summed E-state index contributed by atoms with van der Waals surface area (Å²) in [7, 11) is 0. The highest BCUT2D eigenvalue weighted by molar-refractivity contribution is 5.38. The van der Waals surface area contributed by atoms with Crippen molar-refractivity contribution < 1.29 is 4.74 Å². The normalized spacial score (nSPS) is 16.7. The average Bonchev–Trinajstić information content (AvgIpc) is 2.87. The van der Waals surface area contributed by atoms with E-state index in [4.69, 9.17) is 4.74 Å². The SMILES string of the molecule is Cc1cc(C(C)C)nc(NCC2Cc3ccccc3O2)n1. The van der Waals surface area contributed by atoms with Crippen LogP contribution in [-0.4, -0.2) is 22.6 Å². The molecule has 21 heavy (non-hydrogen) atoms. The molecule has 0 amide bonds. The molecule has 0 saturated carbocycles. The quantitative estimate of drug-likeness (QED) is 0.935. The summed E-state index contributed by atoms with van der Waals surface area (Å²) < 4.78 is 5.92. The van der Waals surface area contributed by atoms with Crippen LogP contribution in [0.15, 0.2) is 30.3 Å². The topological polar surface area (TPSA) is 47.0 Å². The molecule has 4 heteroatoms. The van der Waals surface area contributed by atoms with Gasteiger partial charge in [0.05, 0.1) is 6.54 Å². The standard InChI is InChI=1S/C17H21N3O/c1-11(2)15-8-12(3)19-17(20-15)18-10-14-9-13-6-4-5-7-16(13)21-14/h4-8,11,14H,9-10H2,1-3H3,(H,18,19,20). The van der Waals surface area contributed by atoms with Gasteiger partial charge >= 0.3 is 0 Å². The van der Waals surface area contributed by atoms with Crippen molar-refractivity contribution in [3.05, 3.63) is 47.3 Å². The van der Waals surface area contributed by atoms with Crippen molar-refractivity contribution in [3.8, 4) is 5.75 Å². The fourth-order valence-corrected chi connectivity index (χ4v) is 2.54. The number of benzene rings is 1. The Kier molecular flexibility index (Phi) is 3.78. The number of aryl methyl sites for hydroxylation is 1. The van der Waals surface area contributed by atoms with Gasteiger partial charge in [-0.3, -0.25) is 0 Å². The third-order valence-electron chi connectivity index (χ3n) is 3.67. The lowest BCUT2D eigenvalue weighted by atomic mass is 10.1. The van der Waals surface area contributed by atoms with E-state index in [1.54, 1.807) is 0 Å². The summed E-state index contributed by atoms with van der Waals surface area (Å²) in [6.07, 6.45) is 1.08. The molecule has 2 aromatic rings. The van der Waals surface area contributed by atoms with Gasteiger partial charge in [-0.1, -0.05) is 32.0 Å². The lowest BCUT2D eigenvalue weighted by Gasteiger charge is -2.13. The number of nitrogens with zero attached hydrogens (tertiary/aromatic N) is 2. The summed E-state index contributed by atoms with van der Waals surface area (Å²) in [6.45, 7) is 7.00. The number of aromatic nitrogens is 2. The van der Waals surface area contributed by atoms with E-state index in [9.17, 15) is 0 Å². The second-order valence-electron chi connectivity index (χ2n) is 5.85. The number of para-hydroxylation sites is 1. The molecule has 3 rings (SSSR count). The average molecular weight is 283 g/mol. The molecule has 1 atom stereocenters. The Hall–Kier alpha value is -2.10. The van der Waals surface area contributed by atoms with Crippen LogP contribution >= 0.6 is 0 Å². The molecule has 0 spiro atoms. The molecular formula is C17H21N3O. The predicted octanol–water partition coefficient (Wildman–Crippen LogP) is 3.32. The molecular weight excluding hydrogens is 262 g/mol. The van der Waals surface area contributed by atoms with Gasteiger partial charge in [-0.2, -0.15) is 0 Å². The minimum Gasteiger partial charge on any atom is -0.488 e. The van der Waals surface area contributed by atoms with E-state index in [-0.39, 0.29) is 6.10 Å². The van der Waals surface area contributed by atoms with Crippen LogP contribution in [0.1, 0.15) is 36.7 Å². The van der Waals surface area contributed by atoms with Gasteiger partial charge in [0.1, 0.15) is 11.9 Å². The maximum Gasteiger partial charge on any atom is 0.223 e. The molecule has 1 aromatic carbocycles. The first kappa shape index (κ1) is 13.9. The lowest BCUT2D eigenvalue weighted by molar-refractivity contribution is 0.246. The Bertz CT molecular complexity index is 615. The van der Waals surface area contributed by atoms with Gasteiger partial charge in [-0.25, -0.2) is 9.97 Å². The number of fused-ring (bicyclic) bond motifs is 1. The minimum atomic E-state index is 0.147. The number of rotatable bonds is 4. The molecule has 0 bridgehead atoms. The van der Waals surface area contributed by atoms with Crippen LogP contribution in [-0.2, 0) is 6.42 Å². The second-order valence-corrected chi connectivity index (χ2v) is 5.85. The Labute approximate surface area is 125 Å². The highest BCUT2D eigenvalue weighted by Crippen LogP contribution is 2.28. The van der Waals surface area contributed by atoms with E-state index < -0.39 is 0 Å². The monoisotopic (exact) mass is 283 g/mol. The van der Waals surface area contributed by atoms with Crippen molar-refractivity contribution >= 4 is 5.95 Å². The molecule has 1 aliphatic rings. The van der Waals surface area contributed by atoms with Crippen LogP contribution in [0.2, 0.25) is 0 Å². The van der Waals surface area contributed by atoms with Gasteiger partial charge in [0.25, 0.3) is 0 Å². The van der Waals surface area contributed by atoms with Gasteiger partial charge in [-0.05, 0) is 30.5 Å². The molecule has 4 nitrogen and oxygen atoms in total. The van der Waals surface area contributed by atoms with Gasteiger partial charge in [-0.15, -0.1) is 0 Å². The van der Waals surface area contributed by atoms with E-state index in [0.717, 1.165) is 30.1 Å². The van der Waals surface area contributed by atoms with Crippen LogP contribution in [0.3, 0.4) is 0 Å². The molecule has 1 aliphatic heterocycles. The van der Waals surface area contributed by atoms with Crippen molar-refractivity contribution in [1.29, 1.82) is 0 Å². The Morgan fingerprint density at radius 3 is 2.86 bits per heavy atom. The van der Waals surface area contributed by atoms with E-state index in [1.807, 2.05) is 25.1 Å². The highest BCUT2D eigenvalue weighted by Gasteiger charge is 2.22. The first-order valence-corrected chi connectivity index (χ1v) is 7.46. The summed E-state index contributed by atoms with van der Waals surface area (Å²) in [5, 5.41) is 3.31. The zero-order valence-electron chi connectivity index (χ0n) is 12.8. The third-order valence-corrected chi connectivity index (χ3v) is 3.67. The van der Waals surface area contributed by atoms with E-state index in [1.165, 1.54) is 5.56 Å². The van der Waals surface area contributed by atoms with Gasteiger partial charge in [0.2, 0.25) is 5.95 Å².